The lowest BCUT2D eigenvalue weighted by Crippen LogP contribution is -2.33. The molecule has 156 valence electrons. The van der Waals surface area contributed by atoms with E-state index in [4.69, 9.17) is 21.3 Å². The second kappa shape index (κ2) is 9.11. The van der Waals surface area contributed by atoms with Gasteiger partial charge in [0.05, 0.1) is 16.8 Å². The number of methoxy groups -OCH3 is 1. The Kier molecular flexibility index (Phi) is 6.77. The normalized spacial score (nSPS) is 11.4. The van der Waals surface area contributed by atoms with Gasteiger partial charge in [0.2, 0.25) is 0 Å². The number of rotatable bonds is 8. The molecule has 0 aliphatic rings. The summed E-state index contributed by atoms with van der Waals surface area (Å²) >= 11 is 7.77. The third kappa shape index (κ3) is 4.55. The van der Waals surface area contributed by atoms with E-state index in [0.717, 1.165) is 23.4 Å². The molecule has 0 N–H and O–H groups in total. The Hall–Kier alpha value is -2.16. The fourth-order valence-corrected chi connectivity index (χ4v) is 4.40. The SMILES string of the molecule is CCn1nc(C(=O)N(CCCN(C)C)c2nc3c(OC)ccc(Cl)c3s2)cc1C. The van der Waals surface area contributed by atoms with Crippen molar-refractivity contribution < 1.29 is 9.53 Å². The highest BCUT2D eigenvalue weighted by molar-refractivity contribution is 7.23. The van der Waals surface area contributed by atoms with Crippen LogP contribution in [-0.2, 0) is 6.54 Å². The maximum atomic E-state index is 13.4. The van der Waals surface area contributed by atoms with Crippen molar-refractivity contribution in [1.29, 1.82) is 0 Å². The zero-order valence-corrected chi connectivity index (χ0v) is 19.0. The molecule has 3 aromatic rings. The lowest BCUT2D eigenvalue weighted by Gasteiger charge is -2.20. The molecule has 7 nitrogen and oxygen atoms in total. The fraction of sp³-hybridized carbons (Fsp3) is 0.450. The summed E-state index contributed by atoms with van der Waals surface area (Å²) in [7, 11) is 5.63. The van der Waals surface area contributed by atoms with Gasteiger partial charge >= 0.3 is 0 Å². The highest BCUT2D eigenvalue weighted by Crippen LogP contribution is 2.39. The van der Waals surface area contributed by atoms with Crippen molar-refractivity contribution in [1.82, 2.24) is 19.7 Å². The van der Waals surface area contributed by atoms with Crippen LogP contribution in [0.15, 0.2) is 18.2 Å². The Morgan fingerprint density at radius 2 is 2.07 bits per heavy atom. The van der Waals surface area contributed by atoms with Crippen LogP contribution in [-0.4, -0.2) is 59.9 Å². The second-order valence-corrected chi connectivity index (χ2v) is 8.41. The summed E-state index contributed by atoms with van der Waals surface area (Å²) in [6.07, 6.45) is 0.813. The second-order valence-electron chi connectivity index (χ2n) is 7.02. The number of benzene rings is 1. The van der Waals surface area contributed by atoms with Crippen LogP contribution in [0.3, 0.4) is 0 Å². The van der Waals surface area contributed by atoms with Crippen molar-refractivity contribution >= 4 is 44.2 Å². The van der Waals surface area contributed by atoms with Gasteiger partial charge in [0.1, 0.15) is 11.3 Å². The molecule has 0 saturated carbocycles. The Morgan fingerprint density at radius 3 is 2.69 bits per heavy atom. The molecule has 0 aliphatic heterocycles. The number of aryl methyl sites for hydroxylation is 2. The molecular formula is C20H26ClN5O2S. The molecule has 2 aromatic heterocycles. The number of hydrogen-bond donors (Lipinski definition) is 0. The molecule has 2 heterocycles. The first-order chi connectivity index (χ1) is 13.8. The molecular weight excluding hydrogens is 410 g/mol. The molecule has 0 bridgehead atoms. The molecule has 1 aromatic carbocycles. The van der Waals surface area contributed by atoms with Crippen molar-refractivity contribution in [2.75, 3.05) is 39.2 Å². The van der Waals surface area contributed by atoms with Crippen LogP contribution in [0, 0.1) is 6.92 Å². The molecule has 3 rings (SSSR count). The van der Waals surface area contributed by atoms with Gasteiger partial charge < -0.3 is 9.64 Å². The van der Waals surface area contributed by atoms with Gasteiger partial charge in [0.25, 0.3) is 5.91 Å². The van der Waals surface area contributed by atoms with Crippen LogP contribution in [0.5, 0.6) is 5.75 Å². The lowest BCUT2D eigenvalue weighted by molar-refractivity contribution is 0.0980. The number of halogens is 1. The van der Waals surface area contributed by atoms with Crippen LogP contribution in [0.4, 0.5) is 5.13 Å². The third-order valence-corrected chi connectivity index (χ3v) is 6.17. The standard InChI is InChI=1S/C20H26ClN5O2S/c1-6-26-13(2)12-15(23-26)19(27)25(11-7-10-24(3)4)20-22-17-16(28-5)9-8-14(21)18(17)29-20/h8-9,12H,6-7,10-11H2,1-5H3. The first-order valence-corrected chi connectivity index (χ1v) is 10.7. The Bertz CT molecular complexity index is 1010. The Morgan fingerprint density at radius 1 is 1.31 bits per heavy atom. The number of carbonyl (C=O) groups excluding carboxylic acids is 1. The van der Waals surface area contributed by atoms with Crippen molar-refractivity contribution in [2.45, 2.75) is 26.8 Å². The minimum atomic E-state index is -0.159. The van der Waals surface area contributed by atoms with Gasteiger partial charge in [-0.1, -0.05) is 22.9 Å². The van der Waals surface area contributed by atoms with Crippen LogP contribution >= 0.6 is 22.9 Å². The monoisotopic (exact) mass is 435 g/mol. The third-order valence-electron chi connectivity index (χ3n) is 4.63. The summed E-state index contributed by atoms with van der Waals surface area (Å²) in [5.74, 6) is 0.479. The lowest BCUT2D eigenvalue weighted by atomic mass is 10.3. The van der Waals surface area contributed by atoms with Crippen molar-refractivity contribution in [2.24, 2.45) is 0 Å². The van der Waals surface area contributed by atoms with Crippen LogP contribution < -0.4 is 9.64 Å². The van der Waals surface area contributed by atoms with Crippen LogP contribution in [0.1, 0.15) is 29.5 Å². The number of ether oxygens (including phenoxy) is 1. The molecule has 1 amide bonds. The first kappa shape index (κ1) is 21.5. The van der Waals surface area contributed by atoms with Gasteiger partial charge in [-0.2, -0.15) is 5.10 Å². The predicted molar refractivity (Wildman–Crippen MR) is 119 cm³/mol. The van der Waals surface area contributed by atoms with Gasteiger partial charge in [-0.3, -0.25) is 14.4 Å². The number of carbonyl (C=O) groups is 1. The topological polar surface area (TPSA) is 63.5 Å². The Balaban J connectivity index is 2.01. The number of amides is 1. The van der Waals surface area contributed by atoms with Crippen LogP contribution in [0.2, 0.25) is 5.02 Å². The van der Waals surface area contributed by atoms with Gasteiger partial charge in [0, 0.05) is 18.8 Å². The largest absolute Gasteiger partial charge is 0.494 e. The summed E-state index contributed by atoms with van der Waals surface area (Å²) in [4.78, 5) is 21.9. The van der Waals surface area contributed by atoms with E-state index in [1.165, 1.54) is 11.3 Å². The van der Waals surface area contributed by atoms with Crippen LogP contribution in [0.25, 0.3) is 10.2 Å². The number of aromatic nitrogens is 3. The first-order valence-electron chi connectivity index (χ1n) is 9.49. The smallest absolute Gasteiger partial charge is 0.280 e. The minimum Gasteiger partial charge on any atom is -0.494 e. The Labute approximate surface area is 179 Å². The van der Waals surface area contributed by atoms with E-state index >= 15 is 0 Å². The van der Waals surface area contributed by atoms with E-state index in [2.05, 4.69) is 10.00 Å². The predicted octanol–water partition coefficient (Wildman–Crippen LogP) is 4.08. The molecule has 29 heavy (non-hydrogen) atoms. The highest BCUT2D eigenvalue weighted by Gasteiger charge is 2.25. The van der Waals surface area contributed by atoms with E-state index in [1.54, 1.807) is 24.1 Å². The maximum absolute atomic E-state index is 13.4. The molecule has 0 atom stereocenters. The average Bonchev–Trinajstić information content (AvgIpc) is 3.29. The van der Waals surface area contributed by atoms with E-state index in [9.17, 15) is 4.79 Å². The number of anilines is 1. The molecule has 9 heteroatoms. The number of fused-ring (bicyclic) bond motifs is 1. The van der Waals surface area contributed by atoms with Crippen molar-refractivity contribution in [3.05, 3.63) is 34.6 Å². The van der Waals surface area contributed by atoms with E-state index in [1.807, 2.05) is 38.7 Å². The molecule has 0 radical (unpaired) electrons. The van der Waals surface area contributed by atoms with Crippen molar-refractivity contribution in [3.63, 3.8) is 0 Å². The summed E-state index contributed by atoms with van der Waals surface area (Å²) in [5.41, 5.74) is 2.05. The molecule has 0 spiro atoms. The number of thiazole rings is 1. The molecule has 0 saturated heterocycles. The van der Waals surface area contributed by atoms with E-state index < -0.39 is 0 Å². The fourth-order valence-electron chi connectivity index (χ4n) is 3.12. The average molecular weight is 436 g/mol. The molecule has 0 aliphatic carbocycles. The van der Waals surface area contributed by atoms with E-state index in [0.29, 0.717) is 40.2 Å². The van der Waals surface area contributed by atoms with Crippen molar-refractivity contribution in [3.8, 4) is 5.75 Å². The van der Waals surface area contributed by atoms with Gasteiger partial charge in [0.15, 0.2) is 10.8 Å². The van der Waals surface area contributed by atoms with Gasteiger partial charge in [-0.05, 0) is 59.1 Å². The summed E-state index contributed by atoms with van der Waals surface area (Å²) in [6, 6.07) is 5.40. The summed E-state index contributed by atoms with van der Waals surface area (Å²) in [6.45, 7) is 6.07. The zero-order chi connectivity index (χ0) is 21.1. The molecule has 0 unspecified atom stereocenters. The minimum absolute atomic E-state index is 0.159. The van der Waals surface area contributed by atoms with Gasteiger partial charge in [-0.25, -0.2) is 4.98 Å². The maximum Gasteiger partial charge on any atom is 0.280 e. The quantitative estimate of drug-likeness (QED) is 0.533. The van der Waals surface area contributed by atoms with E-state index in [-0.39, 0.29) is 5.91 Å². The summed E-state index contributed by atoms with van der Waals surface area (Å²) < 4.78 is 8.06. The number of nitrogens with zero attached hydrogens (tertiary/aromatic N) is 5. The number of hydrogen-bond acceptors (Lipinski definition) is 6. The zero-order valence-electron chi connectivity index (χ0n) is 17.4. The van der Waals surface area contributed by atoms with Gasteiger partial charge in [-0.15, -0.1) is 0 Å². The molecule has 0 fully saturated rings. The summed E-state index contributed by atoms with van der Waals surface area (Å²) in [5, 5.41) is 5.65. The highest BCUT2D eigenvalue weighted by atomic mass is 35.5.